The van der Waals surface area contributed by atoms with Gasteiger partial charge < -0.3 is 9.64 Å². The van der Waals surface area contributed by atoms with Crippen LogP contribution in [0.2, 0.25) is 0 Å². The van der Waals surface area contributed by atoms with E-state index in [-0.39, 0.29) is 0 Å². The Bertz CT molecular complexity index is 466. The number of hydrogen-bond donors (Lipinski definition) is 1. The zero-order valence-corrected chi connectivity index (χ0v) is 13.1. The van der Waals surface area contributed by atoms with E-state index in [0.717, 1.165) is 25.8 Å². The van der Waals surface area contributed by atoms with Crippen molar-refractivity contribution in [3.8, 4) is 0 Å². The number of ether oxygens (including phenoxy) is 1. The highest BCUT2D eigenvalue weighted by Gasteiger charge is 2.36. The van der Waals surface area contributed by atoms with Gasteiger partial charge in [-0.15, -0.1) is 0 Å². The van der Waals surface area contributed by atoms with Gasteiger partial charge in [-0.25, -0.2) is 9.18 Å². The Hall–Kier alpha value is -1.53. The van der Waals surface area contributed by atoms with Gasteiger partial charge in [0.05, 0.1) is 13.3 Å². The molecule has 0 saturated heterocycles. The lowest BCUT2D eigenvalue weighted by molar-refractivity contribution is -0.148. The van der Waals surface area contributed by atoms with Gasteiger partial charge in [-0.3, -0.25) is 10.3 Å². The molecular formula is C15H24FN3O2. The van der Waals surface area contributed by atoms with Gasteiger partial charge in [0.15, 0.2) is 0 Å². The van der Waals surface area contributed by atoms with Crippen LogP contribution in [0.4, 0.5) is 4.39 Å². The van der Waals surface area contributed by atoms with Crippen LogP contribution in [0.25, 0.3) is 0 Å². The number of nitrogens with one attached hydrogen (secondary N) is 1. The number of carbonyl (C=O) groups excluding carboxylic acids is 1. The first-order chi connectivity index (χ1) is 9.97. The first-order valence-corrected chi connectivity index (χ1v) is 7.14. The minimum Gasteiger partial charge on any atom is -0.467 e. The molecule has 0 aliphatic rings. The molecule has 1 unspecified atom stereocenters. The molecule has 1 rings (SSSR count). The average Bonchev–Trinajstić information content (AvgIpc) is 2.50. The van der Waals surface area contributed by atoms with Crippen molar-refractivity contribution >= 4 is 5.97 Å². The molecule has 0 bridgehead atoms. The van der Waals surface area contributed by atoms with Crippen molar-refractivity contribution in [2.75, 3.05) is 33.3 Å². The van der Waals surface area contributed by atoms with Crippen LogP contribution in [0.5, 0.6) is 0 Å². The molecule has 0 aliphatic carbocycles. The molecule has 5 nitrogen and oxygen atoms in total. The van der Waals surface area contributed by atoms with E-state index in [2.05, 4.69) is 29.0 Å². The first kappa shape index (κ1) is 17.5. The van der Waals surface area contributed by atoms with Crippen molar-refractivity contribution in [3.63, 3.8) is 0 Å². The summed E-state index contributed by atoms with van der Waals surface area (Å²) in [5.74, 6) is -0.942. The monoisotopic (exact) mass is 297 g/mol. The number of likely N-dealkylation sites (N-methyl/N-ethyl adjacent to an activating group) is 1. The lowest BCUT2D eigenvalue weighted by Gasteiger charge is -2.29. The maximum Gasteiger partial charge on any atom is 0.330 e. The Morgan fingerprint density at radius 3 is 2.62 bits per heavy atom. The highest BCUT2D eigenvalue weighted by Crippen LogP contribution is 2.22. The third-order valence-corrected chi connectivity index (χ3v) is 3.68. The van der Waals surface area contributed by atoms with E-state index in [1.165, 1.54) is 19.4 Å². The fourth-order valence-corrected chi connectivity index (χ4v) is 2.19. The summed E-state index contributed by atoms with van der Waals surface area (Å²) < 4.78 is 18.2. The van der Waals surface area contributed by atoms with E-state index in [1.54, 1.807) is 6.92 Å². The van der Waals surface area contributed by atoms with Crippen molar-refractivity contribution in [1.29, 1.82) is 0 Å². The van der Waals surface area contributed by atoms with Crippen LogP contribution in [0.15, 0.2) is 18.5 Å². The summed E-state index contributed by atoms with van der Waals surface area (Å²) in [5.41, 5.74) is -0.661. The topological polar surface area (TPSA) is 54.5 Å². The fourth-order valence-electron chi connectivity index (χ4n) is 2.19. The van der Waals surface area contributed by atoms with Crippen molar-refractivity contribution in [2.24, 2.45) is 0 Å². The van der Waals surface area contributed by atoms with Gasteiger partial charge in [0, 0.05) is 24.8 Å². The van der Waals surface area contributed by atoms with Crippen molar-refractivity contribution in [3.05, 3.63) is 29.8 Å². The van der Waals surface area contributed by atoms with E-state index < -0.39 is 17.3 Å². The largest absolute Gasteiger partial charge is 0.467 e. The SMILES string of the molecule is CCN(CC)CCNC(C)(C(=O)OC)c1cncc(F)c1. The molecular weight excluding hydrogens is 273 g/mol. The first-order valence-electron chi connectivity index (χ1n) is 7.14. The summed E-state index contributed by atoms with van der Waals surface area (Å²) in [6.45, 7) is 9.10. The molecule has 0 spiro atoms. The molecule has 0 aromatic carbocycles. The molecule has 0 aliphatic heterocycles. The zero-order valence-electron chi connectivity index (χ0n) is 13.1. The highest BCUT2D eigenvalue weighted by atomic mass is 19.1. The van der Waals surface area contributed by atoms with Gasteiger partial charge in [0.25, 0.3) is 0 Å². The minimum absolute atomic E-state index is 0.453. The summed E-state index contributed by atoms with van der Waals surface area (Å²) in [7, 11) is 1.32. The van der Waals surface area contributed by atoms with E-state index in [4.69, 9.17) is 4.74 Å². The zero-order chi connectivity index (χ0) is 15.9. The van der Waals surface area contributed by atoms with Crippen LogP contribution >= 0.6 is 0 Å². The number of nitrogens with zero attached hydrogens (tertiary/aromatic N) is 2. The molecule has 1 atom stereocenters. The molecule has 6 heteroatoms. The maximum absolute atomic E-state index is 13.4. The number of aromatic nitrogens is 1. The summed E-state index contributed by atoms with van der Waals surface area (Å²) in [5, 5.41) is 3.17. The molecule has 1 N–H and O–H groups in total. The van der Waals surface area contributed by atoms with E-state index in [0.29, 0.717) is 12.1 Å². The molecule has 1 heterocycles. The number of halogens is 1. The Balaban J connectivity index is 2.87. The van der Waals surface area contributed by atoms with Crippen LogP contribution < -0.4 is 5.32 Å². The molecule has 1 aromatic heterocycles. The van der Waals surface area contributed by atoms with Gasteiger partial charge in [-0.05, 0) is 26.1 Å². The Morgan fingerprint density at radius 1 is 1.43 bits per heavy atom. The molecule has 0 saturated carbocycles. The third kappa shape index (κ3) is 4.47. The number of methoxy groups -OCH3 is 1. The van der Waals surface area contributed by atoms with E-state index in [1.807, 2.05) is 0 Å². The number of esters is 1. The number of carbonyl (C=O) groups is 1. The number of pyridine rings is 1. The summed E-state index contributed by atoms with van der Waals surface area (Å²) in [6, 6.07) is 1.30. The average molecular weight is 297 g/mol. The highest BCUT2D eigenvalue weighted by molar-refractivity contribution is 5.81. The molecule has 0 amide bonds. The Labute approximate surface area is 125 Å². The number of hydrogen-bond acceptors (Lipinski definition) is 5. The number of rotatable bonds is 8. The predicted molar refractivity (Wildman–Crippen MR) is 79.4 cm³/mol. The lowest BCUT2D eigenvalue weighted by Crippen LogP contribution is -2.50. The molecule has 118 valence electrons. The molecule has 1 aromatic rings. The van der Waals surface area contributed by atoms with Crippen LogP contribution in [0.1, 0.15) is 26.3 Å². The molecule has 0 radical (unpaired) electrons. The van der Waals surface area contributed by atoms with Gasteiger partial charge in [-0.1, -0.05) is 13.8 Å². The van der Waals surface area contributed by atoms with Gasteiger partial charge in [0.1, 0.15) is 11.4 Å². The van der Waals surface area contributed by atoms with Gasteiger partial charge in [0.2, 0.25) is 0 Å². The third-order valence-electron chi connectivity index (χ3n) is 3.68. The minimum atomic E-state index is -1.11. The maximum atomic E-state index is 13.4. The Morgan fingerprint density at radius 2 is 2.10 bits per heavy atom. The summed E-state index contributed by atoms with van der Waals surface area (Å²) in [6.07, 6.45) is 2.58. The van der Waals surface area contributed by atoms with Crippen LogP contribution in [-0.2, 0) is 15.1 Å². The predicted octanol–water partition coefficient (Wildman–Crippen LogP) is 1.54. The van der Waals surface area contributed by atoms with Gasteiger partial charge in [-0.2, -0.15) is 0 Å². The molecule has 0 fully saturated rings. The Kier molecular flexibility index (Phi) is 6.71. The van der Waals surface area contributed by atoms with Crippen LogP contribution in [0.3, 0.4) is 0 Å². The lowest BCUT2D eigenvalue weighted by atomic mass is 9.93. The van der Waals surface area contributed by atoms with Crippen molar-refractivity contribution < 1.29 is 13.9 Å². The van der Waals surface area contributed by atoms with Crippen molar-refractivity contribution in [2.45, 2.75) is 26.3 Å². The smallest absolute Gasteiger partial charge is 0.330 e. The van der Waals surface area contributed by atoms with E-state index >= 15 is 0 Å². The summed E-state index contributed by atoms with van der Waals surface area (Å²) >= 11 is 0. The summed E-state index contributed by atoms with van der Waals surface area (Å²) in [4.78, 5) is 18.2. The second-order valence-corrected chi connectivity index (χ2v) is 4.96. The normalized spacial score (nSPS) is 14.0. The van der Waals surface area contributed by atoms with E-state index in [9.17, 15) is 9.18 Å². The quantitative estimate of drug-likeness (QED) is 0.738. The van der Waals surface area contributed by atoms with Crippen molar-refractivity contribution in [1.82, 2.24) is 15.2 Å². The standard InChI is InChI=1S/C15H24FN3O2/c1-5-19(6-2)8-7-18-15(3,14(20)21-4)12-9-13(16)11-17-10-12/h9-11,18H,5-8H2,1-4H3. The fraction of sp³-hybridized carbons (Fsp3) is 0.600. The second kappa shape index (κ2) is 8.05. The van der Waals surface area contributed by atoms with Crippen LogP contribution in [-0.4, -0.2) is 49.1 Å². The van der Waals surface area contributed by atoms with Gasteiger partial charge >= 0.3 is 5.97 Å². The van der Waals surface area contributed by atoms with Crippen LogP contribution in [0, 0.1) is 5.82 Å². The molecule has 21 heavy (non-hydrogen) atoms. The second-order valence-electron chi connectivity index (χ2n) is 4.96.